The molecule has 1 aliphatic carbocycles. The zero-order chi connectivity index (χ0) is 29.5. The van der Waals surface area contributed by atoms with Crippen molar-refractivity contribution in [3.8, 4) is 0 Å². The van der Waals surface area contributed by atoms with Crippen LogP contribution in [0.1, 0.15) is 55.9 Å². The molecule has 218 valence electrons. The molecule has 1 saturated carbocycles. The van der Waals surface area contributed by atoms with Crippen LogP contribution in [0.5, 0.6) is 0 Å². The van der Waals surface area contributed by atoms with Gasteiger partial charge in [-0.1, -0.05) is 6.07 Å². The van der Waals surface area contributed by atoms with Crippen LogP contribution in [0, 0.1) is 5.92 Å². The van der Waals surface area contributed by atoms with Gasteiger partial charge in [-0.15, -0.1) is 0 Å². The van der Waals surface area contributed by atoms with Gasteiger partial charge in [-0.2, -0.15) is 0 Å². The molecule has 41 heavy (non-hydrogen) atoms. The van der Waals surface area contributed by atoms with E-state index in [0.717, 1.165) is 19.1 Å². The third-order valence-electron chi connectivity index (χ3n) is 7.64. The van der Waals surface area contributed by atoms with Gasteiger partial charge in [-0.05, 0) is 81.8 Å². The summed E-state index contributed by atoms with van der Waals surface area (Å²) in [7, 11) is -3.45. The Morgan fingerprint density at radius 2 is 1.80 bits per heavy atom. The molecule has 1 aromatic heterocycles. The summed E-state index contributed by atoms with van der Waals surface area (Å²) in [6.07, 6.45) is 4.44. The summed E-state index contributed by atoms with van der Waals surface area (Å²) >= 11 is 0. The van der Waals surface area contributed by atoms with E-state index in [-0.39, 0.29) is 46.4 Å². The number of urea groups is 1. The fraction of sp³-hybridized carbons (Fsp3) is 0.448. The predicted octanol–water partition coefficient (Wildman–Crippen LogP) is 2.98. The lowest BCUT2D eigenvalue weighted by Gasteiger charge is -2.33. The van der Waals surface area contributed by atoms with Gasteiger partial charge >= 0.3 is 11.7 Å². The number of amides is 3. The Morgan fingerprint density at radius 1 is 1.05 bits per heavy atom. The molecule has 1 unspecified atom stereocenters. The summed E-state index contributed by atoms with van der Waals surface area (Å²) in [5, 5.41) is 6.15. The Kier molecular flexibility index (Phi) is 7.78. The van der Waals surface area contributed by atoms with Crippen molar-refractivity contribution >= 4 is 38.4 Å². The van der Waals surface area contributed by atoms with Crippen molar-refractivity contribution in [1.82, 2.24) is 19.4 Å². The monoisotopic (exact) mass is 581 g/mol. The normalized spacial score (nSPS) is 17.6. The first-order chi connectivity index (χ1) is 19.4. The summed E-state index contributed by atoms with van der Waals surface area (Å²) in [4.78, 5) is 54.1. The van der Waals surface area contributed by atoms with E-state index in [1.807, 2.05) is 13.8 Å². The quantitative estimate of drug-likeness (QED) is 0.440. The van der Waals surface area contributed by atoms with Gasteiger partial charge in [0.15, 0.2) is 9.84 Å². The molecule has 2 heterocycles. The summed E-state index contributed by atoms with van der Waals surface area (Å²) in [6, 6.07) is 10.0. The molecular weight excluding hydrogens is 546 g/mol. The Labute approximate surface area is 238 Å². The van der Waals surface area contributed by atoms with E-state index < -0.39 is 15.7 Å². The summed E-state index contributed by atoms with van der Waals surface area (Å²) in [5.74, 6) is -0.0616. The molecular formula is C29H35N5O6S. The average molecular weight is 582 g/mol. The molecule has 0 bridgehead atoms. The van der Waals surface area contributed by atoms with Crippen LogP contribution < -0.4 is 21.9 Å². The van der Waals surface area contributed by atoms with Gasteiger partial charge in [0.1, 0.15) is 0 Å². The zero-order valence-corrected chi connectivity index (χ0v) is 24.2. The Morgan fingerprint density at radius 3 is 2.49 bits per heavy atom. The number of hydrogen-bond acceptors (Lipinski definition) is 6. The number of carbonyl (C=O) groups is 2. The third kappa shape index (κ3) is 6.22. The number of piperidine rings is 1. The van der Waals surface area contributed by atoms with E-state index in [2.05, 4.69) is 10.6 Å². The number of hydrogen-bond donors (Lipinski definition) is 2. The maximum absolute atomic E-state index is 13.3. The van der Waals surface area contributed by atoms with Crippen molar-refractivity contribution in [3.05, 3.63) is 68.9 Å². The maximum atomic E-state index is 13.3. The molecule has 3 amide bonds. The van der Waals surface area contributed by atoms with Gasteiger partial charge in [0.2, 0.25) is 0 Å². The number of fused-ring (bicyclic) bond motifs is 1. The standard InChI is InChI=1S/C29H35N5O6S/c1-18(2)34-25-12-11-21(15-24(25)27(36)33(29(34)38)16-19-9-10-19)31-28(37)32-13-5-7-22(17-32)30-26(35)20-6-4-8-23(14-20)41(3,39)40/h4,6,8,11-12,14-15,18-19,22H,5,7,9-10,13,16-17H2,1-3H3,(H,30,35)(H,31,37). The van der Waals surface area contributed by atoms with E-state index >= 15 is 0 Å². The van der Waals surface area contributed by atoms with E-state index in [1.165, 1.54) is 22.8 Å². The minimum Gasteiger partial charge on any atom is -0.348 e. The van der Waals surface area contributed by atoms with Crippen molar-refractivity contribution in [2.45, 2.75) is 63.1 Å². The number of nitrogens with one attached hydrogen (secondary N) is 2. The van der Waals surface area contributed by atoms with Crippen LogP contribution in [0.3, 0.4) is 0 Å². The molecule has 1 saturated heterocycles. The lowest BCUT2D eigenvalue weighted by Crippen LogP contribution is -2.50. The molecule has 2 fully saturated rings. The first kappa shape index (κ1) is 28.6. The summed E-state index contributed by atoms with van der Waals surface area (Å²) in [6.45, 7) is 4.97. The Balaban J connectivity index is 1.31. The molecule has 1 atom stereocenters. The van der Waals surface area contributed by atoms with Gasteiger partial charge in [-0.25, -0.2) is 18.0 Å². The Hall–Kier alpha value is -3.93. The fourth-order valence-electron chi connectivity index (χ4n) is 5.30. The number of sulfone groups is 1. The topological polar surface area (TPSA) is 140 Å². The molecule has 11 nitrogen and oxygen atoms in total. The highest BCUT2D eigenvalue weighted by molar-refractivity contribution is 7.90. The van der Waals surface area contributed by atoms with E-state index in [9.17, 15) is 27.6 Å². The number of aromatic nitrogens is 2. The SMILES string of the molecule is CC(C)n1c(=O)n(CC2CC2)c(=O)c2cc(NC(=O)N3CCCC(NC(=O)c4cccc(S(C)(=O)=O)c4)C3)ccc21. The number of benzene rings is 2. The van der Waals surface area contributed by atoms with Gasteiger partial charge in [-0.3, -0.25) is 18.7 Å². The predicted molar refractivity (Wildman–Crippen MR) is 156 cm³/mol. The number of rotatable bonds is 7. The second-order valence-corrected chi connectivity index (χ2v) is 13.3. The zero-order valence-electron chi connectivity index (χ0n) is 23.4. The maximum Gasteiger partial charge on any atom is 0.331 e. The molecule has 0 radical (unpaired) electrons. The van der Waals surface area contributed by atoms with Crippen molar-refractivity contribution in [2.24, 2.45) is 5.92 Å². The number of nitrogens with zero attached hydrogens (tertiary/aromatic N) is 3. The minimum atomic E-state index is -3.45. The van der Waals surface area contributed by atoms with E-state index in [1.54, 1.807) is 33.7 Å². The third-order valence-corrected chi connectivity index (χ3v) is 8.75. The molecule has 5 rings (SSSR count). The number of anilines is 1. The molecule has 12 heteroatoms. The van der Waals surface area contributed by atoms with Crippen LogP contribution in [0.15, 0.2) is 56.9 Å². The lowest BCUT2D eigenvalue weighted by molar-refractivity contribution is 0.0912. The van der Waals surface area contributed by atoms with Crippen LogP contribution >= 0.6 is 0 Å². The molecule has 2 aliphatic rings. The van der Waals surface area contributed by atoms with Gasteiger partial charge in [0.05, 0.1) is 15.8 Å². The number of likely N-dealkylation sites (tertiary alicyclic amines) is 1. The first-order valence-corrected chi connectivity index (χ1v) is 15.8. The highest BCUT2D eigenvalue weighted by atomic mass is 32.2. The molecule has 0 spiro atoms. The lowest BCUT2D eigenvalue weighted by atomic mass is 10.1. The smallest absolute Gasteiger partial charge is 0.331 e. The summed E-state index contributed by atoms with van der Waals surface area (Å²) in [5.41, 5.74) is 0.533. The van der Waals surface area contributed by atoms with E-state index in [0.29, 0.717) is 48.4 Å². The van der Waals surface area contributed by atoms with Crippen molar-refractivity contribution < 1.29 is 18.0 Å². The van der Waals surface area contributed by atoms with Crippen LogP contribution in [0.2, 0.25) is 0 Å². The summed E-state index contributed by atoms with van der Waals surface area (Å²) < 4.78 is 26.7. The van der Waals surface area contributed by atoms with Crippen molar-refractivity contribution in [2.75, 3.05) is 24.7 Å². The van der Waals surface area contributed by atoms with Crippen molar-refractivity contribution in [3.63, 3.8) is 0 Å². The second kappa shape index (κ2) is 11.2. The van der Waals surface area contributed by atoms with Crippen LogP contribution in [0.25, 0.3) is 10.9 Å². The largest absolute Gasteiger partial charge is 0.348 e. The highest BCUT2D eigenvalue weighted by Crippen LogP contribution is 2.30. The molecule has 3 aromatic rings. The van der Waals surface area contributed by atoms with Crippen LogP contribution in [-0.2, 0) is 16.4 Å². The second-order valence-electron chi connectivity index (χ2n) is 11.3. The first-order valence-electron chi connectivity index (χ1n) is 13.9. The molecule has 2 aromatic carbocycles. The Bertz CT molecular complexity index is 1740. The number of carbonyl (C=O) groups excluding carboxylic acids is 2. The average Bonchev–Trinajstić information content (AvgIpc) is 3.75. The van der Waals surface area contributed by atoms with Crippen molar-refractivity contribution in [1.29, 1.82) is 0 Å². The molecule has 2 N–H and O–H groups in total. The van der Waals surface area contributed by atoms with Crippen LogP contribution in [0.4, 0.5) is 10.5 Å². The van der Waals surface area contributed by atoms with Gasteiger partial charge in [0, 0.05) is 49.2 Å². The van der Waals surface area contributed by atoms with E-state index in [4.69, 9.17) is 0 Å². The van der Waals surface area contributed by atoms with Gasteiger partial charge in [0.25, 0.3) is 11.5 Å². The van der Waals surface area contributed by atoms with Gasteiger partial charge < -0.3 is 15.5 Å². The molecule has 1 aliphatic heterocycles. The minimum absolute atomic E-state index is 0.0647. The fourth-order valence-corrected chi connectivity index (χ4v) is 5.96. The van der Waals surface area contributed by atoms with Crippen LogP contribution in [-0.4, -0.2) is 59.8 Å². The highest BCUT2D eigenvalue weighted by Gasteiger charge is 2.27.